The molecule has 2 rings (SSSR count). The molecule has 4 heteroatoms. The van der Waals surface area contributed by atoms with E-state index < -0.39 is 0 Å². The summed E-state index contributed by atoms with van der Waals surface area (Å²) >= 11 is 5.60. The van der Waals surface area contributed by atoms with Gasteiger partial charge in [0.1, 0.15) is 0 Å². The minimum atomic E-state index is 0.0761. The second-order valence-corrected chi connectivity index (χ2v) is 6.03. The fraction of sp³-hybridized carbons (Fsp3) is 0.316. The standard InChI is InChI=1S/C19H24N2OS/c1-15(14-22-3)20-19(23)21(2)18(16-10-6-4-7-11-16)17-12-8-5-9-13-17/h4-13,15,18H,14H2,1-3H3,(H,20,23)/t15-/m0/s1. The molecule has 0 unspecified atom stereocenters. The number of ether oxygens (including phenoxy) is 1. The maximum Gasteiger partial charge on any atom is 0.169 e. The van der Waals surface area contributed by atoms with Gasteiger partial charge in [-0.25, -0.2) is 0 Å². The predicted molar refractivity (Wildman–Crippen MR) is 99.6 cm³/mol. The molecular weight excluding hydrogens is 304 g/mol. The summed E-state index contributed by atoms with van der Waals surface area (Å²) in [6, 6.07) is 21.1. The number of rotatable bonds is 6. The minimum Gasteiger partial charge on any atom is -0.383 e. The third kappa shape index (κ3) is 4.78. The summed E-state index contributed by atoms with van der Waals surface area (Å²) in [6.45, 7) is 2.68. The van der Waals surface area contributed by atoms with Gasteiger partial charge >= 0.3 is 0 Å². The van der Waals surface area contributed by atoms with E-state index in [1.54, 1.807) is 7.11 Å². The van der Waals surface area contributed by atoms with Crippen molar-refractivity contribution in [2.75, 3.05) is 20.8 Å². The molecule has 0 fully saturated rings. The Bertz CT molecular complexity index is 564. The molecule has 1 N–H and O–H groups in total. The monoisotopic (exact) mass is 328 g/mol. The number of methoxy groups -OCH3 is 1. The van der Waals surface area contributed by atoms with Crippen molar-refractivity contribution in [1.29, 1.82) is 0 Å². The molecule has 122 valence electrons. The Morgan fingerprint density at radius 3 is 1.96 bits per heavy atom. The highest BCUT2D eigenvalue weighted by Crippen LogP contribution is 2.27. The van der Waals surface area contributed by atoms with Crippen LogP contribution in [0.3, 0.4) is 0 Å². The zero-order valence-corrected chi connectivity index (χ0v) is 14.7. The molecule has 2 aromatic carbocycles. The Morgan fingerprint density at radius 2 is 1.52 bits per heavy atom. The molecule has 0 amide bonds. The predicted octanol–water partition coefficient (Wildman–Crippen LogP) is 3.62. The third-order valence-corrected chi connectivity index (χ3v) is 4.13. The Hall–Kier alpha value is -1.91. The van der Waals surface area contributed by atoms with E-state index in [1.807, 2.05) is 19.2 Å². The van der Waals surface area contributed by atoms with Crippen molar-refractivity contribution in [3.8, 4) is 0 Å². The zero-order chi connectivity index (χ0) is 16.7. The van der Waals surface area contributed by atoms with E-state index in [4.69, 9.17) is 17.0 Å². The quantitative estimate of drug-likeness (QED) is 0.819. The van der Waals surface area contributed by atoms with E-state index in [0.717, 1.165) is 0 Å². The summed E-state index contributed by atoms with van der Waals surface area (Å²) in [6.07, 6.45) is 0. The van der Waals surface area contributed by atoms with Crippen molar-refractivity contribution in [2.24, 2.45) is 0 Å². The molecule has 0 aliphatic carbocycles. The summed E-state index contributed by atoms with van der Waals surface area (Å²) in [7, 11) is 3.72. The van der Waals surface area contributed by atoms with E-state index in [9.17, 15) is 0 Å². The van der Waals surface area contributed by atoms with Crippen LogP contribution in [-0.2, 0) is 4.74 Å². The molecule has 3 nitrogen and oxygen atoms in total. The SMILES string of the molecule is COC[C@H](C)NC(=S)N(C)C(c1ccccc1)c1ccccc1. The number of benzene rings is 2. The average Bonchev–Trinajstić information content (AvgIpc) is 2.57. The van der Waals surface area contributed by atoms with Crippen molar-refractivity contribution in [1.82, 2.24) is 10.2 Å². The Balaban J connectivity index is 2.25. The van der Waals surface area contributed by atoms with E-state index >= 15 is 0 Å². The van der Waals surface area contributed by atoms with Gasteiger partial charge in [0, 0.05) is 20.2 Å². The van der Waals surface area contributed by atoms with Crippen LogP contribution in [0.1, 0.15) is 24.1 Å². The Kier molecular flexibility index (Phi) is 6.56. The molecule has 2 aromatic rings. The summed E-state index contributed by atoms with van der Waals surface area (Å²) in [4.78, 5) is 2.10. The first-order valence-corrected chi connectivity index (χ1v) is 8.16. The van der Waals surface area contributed by atoms with Crippen LogP contribution in [0.15, 0.2) is 60.7 Å². The largest absolute Gasteiger partial charge is 0.383 e. The van der Waals surface area contributed by atoms with Gasteiger partial charge in [0.25, 0.3) is 0 Å². The molecule has 0 saturated carbocycles. The van der Waals surface area contributed by atoms with E-state index in [2.05, 4.69) is 65.7 Å². The van der Waals surface area contributed by atoms with Gasteiger partial charge in [-0.3, -0.25) is 0 Å². The summed E-state index contributed by atoms with van der Waals surface area (Å²) in [5, 5.41) is 4.05. The van der Waals surface area contributed by atoms with Crippen molar-refractivity contribution in [3.63, 3.8) is 0 Å². The molecule has 0 heterocycles. The second kappa shape index (κ2) is 8.65. The molecule has 0 aliphatic heterocycles. The summed E-state index contributed by atoms with van der Waals surface area (Å²) in [5.41, 5.74) is 2.43. The first kappa shape index (κ1) is 17.4. The fourth-order valence-corrected chi connectivity index (χ4v) is 2.94. The molecule has 0 spiro atoms. The molecular formula is C19H24N2OS. The normalized spacial score (nSPS) is 12.0. The molecule has 0 bridgehead atoms. The number of nitrogens with one attached hydrogen (secondary N) is 1. The maximum absolute atomic E-state index is 5.60. The molecule has 1 atom stereocenters. The first-order valence-electron chi connectivity index (χ1n) is 7.75. The lowest BCUT2D eigenvalue weighted by atomic mass is 9.98. The number of nitrogens with zero attached hydrogens (tertiary/aromatic N) is 1. The molecule has 23 heavy (non-hydrogen) atoms. The lowest BCUT2D eigenvalue weighted by Crippen LogP contribution is -2.45. The van der Waals surface area contributed by atoms with Crippen LogP contribution in [0.2, 0.25) is 0 Å². The van der Waals surface area contributed by atoms with Crippen LogP contribution in [0.25, 0.3) is 0 Å². The number of hydrogen-bond acceptors (Lipinski definition) is 2. The van der Waals surface area contributed by atoms with Gasteiger partial charge in [-0.15, -0.1) is 0 Å². The maximum atomic E-state index is 5.60. The van der Waals surface area contributed by atoms with Gasteiger partial charge in [0.2, 0.25) is 0 Å². The zero-order valence-electron chi connectivity index (χ0n) is 13.9. The highest BCUT2D eigenvalue weighted by molar-refractivity contribution is 7.80. The topological polar surface area (TPSA) is 24.5 Å². The lowest BCUT2D eigenvalue weighted by molar-refractivity contribution is 0.178. The number of thiocarbonyl (C=S) groups is 1. The van der Waals surface area contributed by atoms with Gasteiger partial charge in [-0.1, -0.05) is 60.7 Å². The van der Waals surface area contributed by atoms with Crippen LogP contribution < -0.4 is 5.32 Å². The van der Waals surface area contributed by atoms with Crippen LogP contribution in [0.4, 0.5) is 0 Å². The van der Waals surface area contributed by atoms with Crippen molar-refractivity contribution < 1.29 is 4.74 Å². The first-order chi connectivity index (χ1) is 11.1. The highest BCUT2D eigenvalue weighted by atomic mass is 32.1. The van der Waals surface area contributed by atoms with Crippen molar-refractivity contribution >= 4 is 17.3 Å². The summed E-state index contributed by atoms with van der Waals surface area (Å²) < 4.78 is 5.17. The van der Waals surface area contributed by atoms with Gasteiger partial charge in [0.05, 0.1) is 12.6 Å². The Morgan fingerprint density at radius 1 is 1.04 bits per heavy atom. The van der Waals surface area contributed by atoms with Crippen LogP contribution >= 0.6 is 12.2 Å². The van der Waals surface area contributed by atoms with Crippen molar-refractivity contribution in [2.45, 2.75) is 19.0 Å². The van der Waals surface area contributed by atoms with Crippen LogP contribution in [-0.4, -0.2) is 36.8 Å². The number of hydrogen-bond donors (Lipinski definition) is 1. The van der Waals surface area contributed by atoms with Gasteiger partial charge < -0.3 is 15.0 Å². The van der Waals surface area contributed by atoms with E-state index in [-0.39, 0.29) is 12.1 Å². The fourth-order valence-electron chi connectivity index (χ4n) is 2.63. The van der Waals surface area contributed by atoms with Gasteiger partial charge in [-0.2, -0.15) is 0 Å². The second-order valence-electron chi connectivity index (χ2n) is 5.64. The van der Waals surface area contributed by atoms with Gasteiger partial charge in [0.15, 0.2) is 5.11 Å². The summed E-state index contributed by atoms with van der Waals surface area (Å²) in [5.74, 6) is 0. The third-order valence-electron chi connectivity index (χ3n) is 3.72. The van der Waals surface area contributed by atoms with E-state index in [1.165, 1.54) is 11.1 Å². The van der Waals surface area contributed by atoms with Gasteiger partial charge in [-0.05, 0) is 30.3 Å². The molecule has 0 aromatic heterocycles. The average molecular weight is 328 g/mol. The van der Waals surface area contributed by atoms with Crippen molar-refractivity contribution in [3.05, 3.63) is 71.8 Å². The molecule has 0 aliphatic rings. The smallest absolute Gasteiger partial charge is 0.169 e. The van der Waals surface area contributed by atoms with E-state index in [0.29, 0.717) is 11.7 Å². The minimum absolute atomic E-state index is 0.0761. The molecule has 0 radical (unpaired) electrons. The highest BCUT2D eigenvalue weighted by Gasteiger charge is 2.21. The van der Waals surface area contributed by atoms with Crippen LogP contribution in [0.5, 0.6) is 0 Å². The van der Waals surface area contributed by atoms with Crippen LogP contribution in [0, 0.1) is 0 Å². The lowest BCUT2D eigenvalue weighted by Gasteiger charge is -2.32. The Labute approximate surface area is 144 Å². The molecule has 0 saturated heterocycles.